The molecule has 1 N–H and O–H groups in total. The average Bonchev–Trinajstić information content (AvgIpc) is 3.08. The first-order chi connectivity index (χ1) is 15.4. The molecule has 0 fully saturated rings. The maximum atomic E-state index is 13.9. The van der Waals surface area contributed by atoms with Crippen molar-refractivity contribution in [2.45, 2.75) is 39.8 Å². The molecule has 1 atom stereocenters. The van der Waals surface area contributed by atoms with Gasteiger partial charge in [-0.15, -0.1) is 11.3 Å². The van der Waals surface area contributed by atoms with E-state index in [9.17, 15) is 14.0 Å². The van der Waals surface area contributed by atoms with Crippen LogP contribution in [0.1, 0.15) is 40.1 Å². The summed E-state index contributed by atoms with van der Waals surface area (Å²) in [5.74, 6) is -0.729. The van der Waals surface area contributed by atoms with E-state index in [1.165, 1.54) is 39.9 Å². The zero-order valence-corrected chi connectivity index (χ0v) is 19.0. The van der Waals surface area contributed by atoms with E-state index in [1.807, 2.05) is 38.1 Å². The summed E-state index contributed by atoms with van der Waals surface area (Å²) < 4.78 is 15.2. The molecule has 0 saturated heterocycles. The Bertz CT molecular complexity index is 1340. The summed E-state index contributed by atoms with van der Waals surface area (Å²) in [4.78, 5) is 32.0. The van der Waals surface area contributed by atoms with Crippen molar-refractivity contribution in [1.82, 2.24) is 14.9 Å². The molecule has 0 radical (unpaired) electrons. The first-order valence-electron chi connectivity index (χ1n) is 10.5. The van der Waals surface area contributed by atoms with Crippen molar-refractivity contribution in [2.24, 2.45) is 0 Å². The number of hydrogen-bond donors (Lipinski definition) is 1. The fourth-order valence-electron chi connectivity index (χ4n) is 3.74. The molecule has 0 aliphatic carbocycles. The van der Waals surface area contributed by atoms with Gasteiger partial charge in [-0.05, 0) is 54.7 Å². The smallest absolute Gasteiger partial charge is 0.262 e. The van der Waals surface area contributed by atoms with Gasteiger partial charge < -0.3 is 5.32 Å². The topological polar surface area (TPSA) is 64.0 Å². The Morgan fingerprint density at radius 2 is 1.91 bits per heavy atom. The SMILES string of the molecule is CCc1ccc(C(NC(=O)Cn2cnc3sc(C)c(C)c3c2=O)c2cccc(F)c2)cc1. The molecule has 2 heterocycles. The molecule has 0 bridgehead atoms. The van der Waals surface area contributed by atoms with E-state index >= 15 is 0 Å². The number of carbonyl (C=O) groups is 1. The van der Waals surface area contributed by atoms with Crippen LogP contribution in [-0.2, 0) is 17.8 Å². The summed E-state index contributed by atoms with van der Waals surface area (Å²) in [5, 5.41) is 3.52. The number of thiophene rings is 1. The van der Waals surface area contributed by atoms with Crippen LogP contribution in [0, 0.1) is 19.7 Å². The normalized spacial score (nSPS) is 12.1. The van der Waals surface area contributed by atoms with Gasteiger partial charge >= 0.3 is 0 Å². The number of aryl methyl sites for hydroxylation is 3. The summed E-state index contributed by atoms with van der Waals surface area (Å²) in [7, 11) is 0. The molecule has 0 saturated carbocycles. The number of rotatable bonds is 6. The highest BCUT2D eigenvalue weighted by atomic mass is 32.1. The van der Waals surface area contributed by atoms with Gasteiger partial charge in [-0.1, -0.05) is 43.3 Å². The number of fused-ring (bicyclic) bond motifs is 1. The molecule has 164 valence electrons. The Kier molecular flexibility index (Phi) is 6.19. The highest BCUT2D eigenvalue weighted by Crippen LogP contribution is 2.26. The number of aromatic nitrogens is 2. The molecule has 7 heteroatoms. The number of carbonyl (C=O) groups excluding carboxylic acids is 1. The second-order valence-electron chi connectivity index (χ2n) is 7.79. The van der Waals surface area contributed by atoms with E-state index in [4.69, 9.17) is 0 Å². The minimum Gasteiger partial charge on any atom is -0.344 e. The Labute approximate surface area is 189 Å². The van der Waals surface area contributed by atoms with E-state index in [0.29, 0.717) is 15.8 Å². The van der Waals surface area contributed by atoms with Gasteiger partial charge in [0.1, 0.15) is 17.2 Å². The van der Waals surface area contributed by atoms with Crippen molar-refractivity contribution in [3.63, 3.8) is 0 Å². The average molecular weight is 450 g/mol. The van der Waals surface area contributed by atoms with E-state index in [2.05, 4.69) is 17.2 Å². The molecule has 4 aromatic rings. The number of nitrogens with one attached hydrogen (secondary N) is 1. The van der Waals surface area contributed by atoms with Crippen LogP contribution in [-0.4, -0.2) is 15.5 Å². The standard InChI is InChI=1S/C25H24FN3O2S/c1-4-17-8-10-18(11-9-17)23(19-6-5-7-20(26)12-19)28-21(30)13-29-14-27-24-22(25(29)31)15(2)16(3)32-24/h5-12,14,23H,4,13H2,1-3H3,(H,28,30). The Hall–Kier alpha value is -3.32. The van der Waals surface area contributed by atoms with Crippen molar-refractivity contribution < 1.29 is 9.18 Å². The van der Waals surface area contributed by atoms with E-state index in [1.54, 1.807) is 12.1 Å². The van der Waals surface area contributed by atoms with Crippen molar-refractivity contribution in [2.75, 3.05) is 0 Å². The third-order valence-corrected chi connectivity index (χ3v) is 6.79. The first-order valence-corrected chi connectivity index (χ1v) is 11.3. The molecule has 2 aromatic heterocycles. The van der Waals surface area contributed by atoms with E-state index in [0.717, 1.165) is 22.4 Å². The van der Waals surface area contributed by atoms with Crippen LogP contribution in [0.2, 0.25) is 0 Å². The number of nitrogens with zero attached hydrogens (tertiary/aromatic N) is 2. The molecule has 4 rings (SSSR count). The molecule has 0 spiro atoms. The monoisotopic (exact) mass is 449 g/mol. The second-order valence-corrected chi connectivity index (χ2v) is 8.99. The van der Waals surface area contributed by atoms with Crippen molar-refractivity contribution in [3.05, 3.63) is 98.2 Å². The molecule has 1 unspecified atom stereocenters. The van der Waals surface area contributed by atoms with E-state index in [-0.39, 0.29) is 23.8 Å². The fourth-order valence-corrected chi connectivity index (χ4v) is 4.72. The maximum Gasteiger partial charge on any atom is 0.262 e. The zero-order chi connectivity index (χ0) is 22.8. The molecule has 1 amide bonds. The molecule has 32 heavy (non-hydrogen) atoms. The Morgan fingerprint density at radius 3 is 2.59 bits per heavy atom. The largest absolute Gasteiger partial charge is 0.344 e. The van der Waals surface area contributed by atoms with Crippen molar-refractivity contribution in [1.29, 1.82) is 0 Å². The van der Waals surface area contributed by atoms with Crippen LogP contribution < -0.4 is 10.9 Å². The Balaban J connectivity index is 1.64. The summed E-state index contributed by atoms with van der Waals surface area (Å²) in [6.07, 6.45) is 2.31. The van der Waals surface area contributed by atoms with Crippen LogP contribution >= 0.6 is 11.3 Å². The third-order valence-electron chi connectivity index (χ3n) is 5.68. The number of hydrogen-bond acceptors (Lipinski definition) is 4. The number of halogens is 1. The van der Waals surface area contributed by atoms with Crippen LogP contribution in [0.4, 0.5) is 4.39 Å². The number of amides is 1. The van der Waals surface area contributed by atoms with Crippen molar-refractivity contribution >= 4 is 27.5 Å². The summed E-state index contributed by atoms with van der Waals surface area (Å²) in [6.45, 7) is 5.74. The van der Waals surface area contributed by atoms with Gasteiger partial charge in [-0.3, -0.25) is 14.2 Å². The predicted octanol–water partition coefficient (Wildman–Crippen LogP) is 4.68. The van der Waals surface area contributed by atoms with Crippen LogP contribution in [0.3, 0.4) is 0 Å². The van der Waals surface area contributed by atoms with Crippen LogP contribution in [0.15, 0.2) is 59.7 Å². The van der Waals surface area contributed by atoms with Crippen molar-refractivity contribution in [3.8, 4) is 0 Å². The van der Waals surface area contributed by atoms with Gasteiger partial charge in [-0.2, -0.15) is 0 Å². The zero-order valence-electron chi connectivity index (χ0n) is 18.2. The minimum absolute atomic E-state index is 0.172. The minimum atomic E-state index is -0.540. The summed E-state index contributed by atoms with van der Waals surface area (Å²) >= 11 is 1.47. The maximum absolute atomic E-state index is 13.9. The quantitative estimate of drug-likeness (QED) is 0.465. The summed E-state index contributed by atoms with van der Waals surface area (Å²) in [5.41, 5.74) is 3.30. The lowest BCUT2D eigenvalue weighted by molar-refractivity contribution is -0.122. The molecular weight excluding hydrogens is 425 g/mol. The number of benzene rings is 2. The van der Waals surface area contributed by atoms with Gasteiger partial charge in [0.2, 0.25) is 5.91 Å². The van der Waals surface area contributed by atoms with Gasteiger partial charge in [0.15, 0.2) is 0 Å². The molecule has 0 aliphatic rings. The van der Waals surface area contributed by atoms with Crippen LogP contribution in [0.5, 0.6) is 0 Å². The van der Waals surface area contributed by atoms with Gasteiger partial charge in [-0.25, -0.2) is 9.37 Å². The van der Waals surface area contributed by atoms with Gasteiger partial charge in [0.25, 0.3) is 5.56 Å². The van der Waals surface area contributed by atoms with E-state index < -0.39 is 6.04 Å². The summed E-state index contributed by atoms with van der Waals surface area (Å²) in [6, 6.07) is 13.5. The molecular formula is C25H24FN3O2S. The predicted molar refractivity (Wildman–Crippen MR) is 126 cm³/mol. The first kappa shape index (κ1) is 21.9. The second kappa shape index (κ2) is 9.04. The molecule has 0 aliphatic heterocycles. The fraction of sp³-hybridized carbons (Fsp3) is 0.240. The lowest BCUT2D eigenvalue weighted by Crippen LogP contribution is -2.35. The van der Waals surface area contributed by atoms with Gasteiger partial charge in [0.05, 0.1) is 17.8 Å². The lowest BCUT2D eigenvalue weighted by Gasteiger charge is -2.20. The van der Waals surface area contributed by atoms with Crippen LogP contribution in [0.25, 0.3) is 10.2 Å². The highest BCUT2D eigenvalue weighted by molar-refractivity contribution is 7.18. The van der Waals surface area contributed by atoms with Gasteiger partial charge in [0, 0.05) is 4.88 Å². The molecule has 5 nitrogen and oxygen atoms in total. The third kappa shape index (κ3) is 4.34. The lowest BCUT2D eigenvalue weighted by atomic mass is 9.97. The highest BCUT2D eigenvalue weighted by Gasteiger charge is 2.19. The molecule has 2 aromatic carbocycles. The Morgan fingerprint density at radius 1 is 1.16 bits per heavy atom.